The lowest BCUT2D eigenvalue weighted by atomic mass is 10.2. The van der Waals surface area contributed by atoms with Crippen LogP contribution in [0.25, 0.3) is 0 Å². The minimum Gasteiger partial charge on any atom is -0.379 e. The van der Waals surface area contributed by atoms with Crippen molar-refractivity contribution in [2.24, 2.45) is 0 Å². The first-order valence-corrected chi connectivity index (χ1v) is 11.6. The molecule has 0 unspecified atom stereocenters. The van der Waals surface area contributed by atoms with Gasteiger partial charge in [-0.15, -0.1) is 0 Å². The molecule has 2 aromatic carbocycles. The number of sulfonamides is 1. The second-order valence-electron chi connectivity index (χ2n) is 6.89. The number of para-hydroxylation sites is 1. The van der Waals surface area contributed by atoms with Crippen LogP contribution in [-0.2, 0) is 14.8 Å². The SMILES string of the molecule is CC(C)N(C(=S)Nc1cc(S(=O)(=O)N2CCOCC2)ccc1Cl)c1ccccc1. The van der Waals surface area contributed by atoms with E-state index in [-0.39, 0.29) is 10.9 Å². The van der Waals surface area contributed by atoms with E-state index in [1.54, 1.807) is 6.07 Å². The van der Waals surface area contributed by atoms with Crippen LogP contribution in [0.4, 0.5) is 11.4 Å². The van der Waals surface area contributed by atoms with Gasteiger partial charge in [-0.2, -0.15) is 4.31 Å². The van der Waals surface area contributed by atoms with Crippen LogP contribution < -0.4 is 10.2 Å². The number of ether oxygens (including phenoxy) is 1. The highest BCUT2D eigenvalue weighted by molar-refractivity contribution is 7.89. The molecule has 0 aliphatic carbocycles. The van der Waals surface area contributed by atoms with Gasteiger partial charge in [-0.05, 0) is 56.4 Å². The summed E-state index contributed by atoms with van der Waals surface area (Å²) < 4.78 is 32.6. The van der Waals surface area contributed by atoms with Gasteiger partial charge in [0.1, 0.15) is 0 Å². The fraction of sp³-hybridized carbons (Fsp3) is 0.350. The van der Waals surface area contributed by atoms with Crippen LogP contribution in [0.2, 0.25) is 5.02 Å². The average molecular weight is 454 g/mol. The molecule has 1 saturated heterocycles. The molecule has 0 amide bonds. The first-order chi connectivity index (χ1) is 13.8. The molecule has 0 saturated carbocycles. The fourth-order valence-electron chi connectivity index (χ4n) is 3.11. The number of halogens is 1. The van der Waals surface area contributed by atoms with Gasteiger partial charge in [-0.3, -0.25) is 0 Å². The van der Waals surface area contributed by atoms with Gasteiger partial charge in [0.15, 0.2) is 5.11 Å². The Morgan fingerprint density at radius 1 is 1.17 bits per heavy atom. The van der Waals surface area contributed by atoms with E-state index < -0.39 is 10.0 Å². The number of hydrogen-bond acceptors (Lipinski definition) is 4. The van der Waals surface area contributed by atoms with Crippen LogP contribution in [0, 0.1) is 0 Å². The molecule has 1 fully saturated rings. The Morgan fingerprint density at radius 3 is 2.45 bits per heavy atom. The van der Waals surface area contributed by atoms with Gasteiger partial charge in [-0.1, -0.05) is 29.8 Å². The van der Waals surface area contributed by atoms with Crippen LogP contribution in [0.3, 0.4) is 0 Å². The van der Waals surface area contributed by atoms with Crippen molar-refractivity contribution < 1.29 is 13.2 Å². The van der Waals surface area contributed by atoms with Crippen LogP contribution >= 0.6 is 23.8 Å². The van der Waals surface area contributed by atoms with E-state index in [9.17, 15) is 8.42 Å². The first-order valence-electron chi connectivity index (χ1n) is 9.33. The Kier molecular flexibility index (Phi) is 7.13. The van der Waals surface area contributed by atoms with Crippen LogP contribution in [0.1, 0.15) is 13.8 Å². The molecule has 156 valence electrons. The molecule has 0 aromatic heterocycles. The van der Waals surface area contributed by atoms with Gasteiger partial charge >= 0.3 is 0 Å². The van der Waals surface area contributed by atoms with Gasteiger partial charge in [0, 0.05) is 24.8 Å². The van der Waals surface area contributed by atoms with Crippen molar-refractivity contribution in [1.29, 1.82) is 0 Å². The van der Waals surface area contributed by atoms with Gasteiger partial charge in [0.05, 0.1) is 28.8 Å². The molecule has 2 aromatic rings. The summed E-state index contributed by atoms with van der Waals surface area (Å²) in [7, 11) is -3.63. The maximum atomic E-state index is 13.0. The van der Waals surface area contributed by atoms with E-state index in [2.05, 4.69) is 5.32 Å². The topological polar surface area (TPSA) is 61.9 Å². The standard InChI is InChI=1S/C20H24ClN3O3S2/c1-15(2)24(16-6-4-3-5-7-16)20(28)22-19-14-17(8-9-18(19)21)29(25,26)23-10-12-27-13-11-23/h3-9,14-15H,10-13H2,1-2H3,(H,22,28). The summed E-state index contributed by atoms with van der Waals surface area (Å²) in [4.78, 5) is 2.12. The Hall–Kier alpha value is -1.71. The second-order valence-corrected chi connectivity index (χ2v) is 9.62. The molecular weight excluding hydrogens is 430 g/mol. The van der Waals surface area contributed by atoms with Crippen LogP contribution in [-0.4, -0.2) is 50.2 Å². The summed E-state index contributed by atoms with van der Waals surface area (Å²) in [6.45, 7) is 5.51. The zero-order valence-corrected chi connectivity index (χ0v) is 18.7. The molecule has 1 N–H and O–H groups in total. The molecule has 0 bridgehead atoms. The Balaban J connectivity index is 1.87. The van der Waals surface area contributed by atoms with Crippen LogP contribution in [0.15, 0.2) is 53.4 Å². The van der Waals surface area contributed by atoms with Crippen molar-refractivity contribution in [3.8, 4) is 0 Å². The summed E-state index contributed by atoms with van der Waals surface area (Å²) in [5.41, 5.74) is 1.39. The number of hydrogen-bond donors (Lipinski definition) is 1. The largest absolute Gasteiger partial charge is 0.379 e. The summed E-state index contributed by atoms with van der Waals surface area (Å²) in [5.74, 6) is 0. The molecule has 3 rings (SSSR count). The first kappa shape index (κ1) is 22.0. The van der Waals surface area contributed by atoms with Crippen molar-refractivity contribution in [1.82, 2.24) is 4.31 Å². The molecule has 1 aliphatic heterocycles. The van der Waals surface area contributed by atoms with Crippen molar-refractivity contribution in [3.63, 3.8) is 0 Å². The zero-order valence-electron chi connectivity index (χ0n) is 16.3. The number of thiocarbonyl (C=S) groups is 1. The van der Waals surface area contributed by atoms with Crippen molar-refractivity contribution in [3.05, 3.63) is 53.6 Å². The van der Waals surface area contributed by atoms with E-state index >= 15 is 0 Å². The number of nitrogens with zero attached hydrogens (tertiary/aromatic N) is 2. The normalized spacial score (nSPS) is 15.3. The van der Waals surface area contributed by atoms with E-state index in [1.165, 1.54) is 16.4 Å². The average Bonchev–Trinajstić information content (AvgIpc) is 2.71. The molecule has 1 aliphatic rings. The lowest BCUT2D eigenvalue weighted by Gasteiger charge is -2.30. The van der Waals surface area contributed by atoms with E-state index in [0.717, 1.165) is 5.69 Å². The molecule has 0 spiro atoms. The number of rotatable bonds is 5. The van der Waals surface area contributed by atoms with Gasteiger partial charge in [0.25, 0.3) is 0 Å². The lowest BCUT2D eigenvalue weighted by molar-refractivity contribution is 0.0730. The monoisotopic (exact) mass is 453 g/mol. The predicted octanol–water partition coefficient (Wildman–Crippen LogP) is 3.97. The second kappa shape index (κ2) is 9.40. The fourth-order valence-corrected chi connectivity index (χ4v) is 5.14. The van der Waals surface area contributed by atoms with Gasteiger partial charge < -0.3 is 15.0 Å². The number of anilines is 2. The van der Waals surface area contributed by atoms with E-state index in [0.29, 0.717) is 42.1 Å². The lowest BCUT2D eigenvalue weighted by Crippen LogP contribution is -2.41. The highest BCUT2D eigenvalue weighted by Gasteiger charge is 2.27. The third kappa shape index (κ3) is 5.07. The van der Waals surface area contributed by atoms with Gasteiger partial charge in [-0.25, -0.2) is 8.42 Å². The van der Waals surface area contributed by atoms with E-state index in [1.807, 2.05) is 49.1 Å². The molecule has 9 heteroatoms. The molecule has 0 atom stereocenters. The number of nitrogens with one attached hydrogen (secondary N) is 1. The molecule has 0 radical (unpaired) electrons. The maximum Gasteiger partial charge on any atom is 0.243 e. The van der Waals surface area contributed by atoms with Crippen molar-refractivity contribution in [2.45, 2.75) is 24.8 Å². The third-order valence-electron chi connectivity index (χ3n) is 4.56. The van der Waals surface area contributed by atoms with Crippen LogP contribution in [0.5, 0.6) is 0 Å². The minimum atomic E-state index is -3.63. The summed E-state index contributed by atoms with van der Waals surface area (Å²) in [6.07, 6.45) is 0. The smallest absolute Gasteiger partial charge is 0.243 e. The minimum absolute atomic E-state index is 0.0939. The summed E-state index contributed by atoms with van der Waals surface area (Å²) >= 11 is 12.0. The molecular formula is C20H24ClN3O3S2. The summed E-state index contributed by atoms with van der Waals surface area (Å²) in [6, 6.07) is 14.5. The molecule has 6 nitrogen and oxygen atoms in total. The maximum absolute atomic E-state index is 13.0. The highest BCUT2D eigenvalue weighted by Crippen LogP contribution is 2.28. The Labute approximate surface area is 182 Å². The molecule has 29 heavy (non-hydrogen) atoms. The number of benzene rings is 2. The predicted molar refractivity (Wildman–Crippen MR) is 121 cm³/mol. The summed E-state index contributed by atoms with van der Waals surface area (Å²) in [5, 5.41) is 3.96. The Bertz CT molecular complexity index is 962. The number of morpholine rings is 1. The third-order valence-corrected chi connectivity index (χ3v) is 7.08. The molecule has 1 heterocycles. The van der Waals surface area contributed by atoms with E-state index in [4.69, 9.17) is 28.6 Å². The highest BCUT2D eigenvalue weighted by atomic mass is 35.5. The van der Waals surface area contributed by atoms with Gasteiger partial charge in [0.2, 0.25) is 10.0 Å². The Morgan fingerprint density at radius 2 is 1.83 bits per heavy atom. The zero-order chi connectivity index (χ0) is 21.0. The van der Waals surface area contributed by atoms with Crippen molar-refractivity contribution in [2.75, 3.05) is 36.5 Å². The van der Waals surface area contributed by atoms with Crippen molar-refractivity contribution >= 4 is 50.3 Å². The quantitative estimate of drug-likeness (QED) is 0.691.